The number of nitrogens with two attached hydrogens (primary N) is 1. The average molecular weight is 296 g/mol. The van der Waals surface area contributed by atoms with Crippen molar-refractivity contribution in [1.82, 2.24) is 4.90 Å². The van der Waals surface area contributed by atoms with E-state index in [1.165, 1.54) is 6.42 Å². The Hall–Kier alpha value is -1.59. The van der Waals surface area contributed by atoms with Crippen LogP contribution in [0, 0.1) is 11.8 Å². The van der Waals surface area contributed by atoms with Crippen LogP contribution in [0.15, 0.2) is 0 Å². The molecule has 21 heavy (non-hydrogen) atoms. The summed E-state index contributed by atoms with van der Waals surface area (Å²) in [6.07, 6.45) is 6.49. The second-order valence-electron chi connectivity index (χ2n) is 6.02. The van der Waals surface area contributed by atoms with Gasteiger partial charge in [-0.1, -0.05) is 19.3 Å². The van der Waals surface area contributed by atoms with Gasteiger partial charge < -0.3 is 15.4 Å². The van der Waals surface area contributed by atoms with E-state index in [-0.39, 0.29) is 36.2 Å². The van der Waals surface area contributed by atoms with Gasteiger partial charge in [0.1, 0.15) is 0 Å². The SMILES string of the molecule is NC(=O)[C@H]1CCCN(C(=O)COC(=O)C2CCCCC2)C1. The topological polar surface area (TPSA) is 89.7 Å². The Labute approximate surface area is 125 Å². The number of piperidine rings is 1. The minimum absolute atomic E-state index is 0.0497. The number of hydrogen-bond donors (Lipinski definition) is 1. The molecule has 0 aromatic rings. The smallest absolute Gasteiger partial charge is 0.309 e. The van der Waals surface area contributed by atoms with Crippen molar-refractivity contribution in [2.24, 2.45) is 17.6 Å². The lowest BCUT2D eigenvalue weighted by Crippen LogP contribution is -2.45. The number of carbonyl (C=O) groups is 3. The summed E-state index contributed by atoms with van der Waals surface area (Å²) < 4.78 is 5.15. The van der Waals surface area contributed by atoms with Crippen molar-refractivity contribution in [3.05, 3.63) is 0 Å². The summed E-state index contributed by atoms with van der Waals surface area (Å²) in [6, 6.07) is 0. The fraction of sp³-hybridized carbons (Fsp3) is 0.800. The minimum atomic E-state index is -0.369. The van der Waals surface area contributed by atoms with Gasteiger partial charge in [-0.2, -0.15) is 0 Å². The molecule has 0 aromatic heterocycles. The van der Waals surface area contributed by atoms with Gasteiger partial charge in [0, 0.05) is 13.1 Å². The van der Waals surface area contributed by atoms with Crippen molar-refractivity contribution in [2.45, 2.75) is 44.9 Å². The first kappa shape index (κ1) is 15.8. The Morgan fingerprint density at radius 1 is 1.00 bits per heavy atom. The lowest BCUT2D eigenvalue weighted by atomic mass is 9.89. The Bertz CT molecular complexity index is 404. The van der Waals surface area contributed by atoms with E-state index in [0.717, 1.165) is 38.5 Å². The molecule has 2 aliphatic rings. The third-order valence-corrected chi connectivity index (χ3v) is 4.45. The molecule has 1 saturated heterocycles. The summed E-state index contributed by atoms with van der Waals surface area (Å²) >= 11 is 0. The third kappa shape index (κ3) is 4.44. The number of hydrogen-bond acceptors (Lipinski definition) is 4. The first-order chi connectivity index (χ1) is 10.1. The van der Waals surface area contributed by atoms with Gasteiger partial charge in [-0.05, 0) is 25.7 Å². The summed E-state index contributed by atoms with van der Waals surface area (Å²) in [6.45, 7) is 0.722. The van der Waals surface area contributed by atoms with Crippen LogP contribution in [0.3, 0.4) is 0 Å². The third-order valence-electron chi connectivity index (χ3n) is 4.45. The van der Waals surface area contributed by atoms with Gasteiger partial charge in [-0.15, -0.1) is 0 Å². The predicted octanol–water partition coefficient (Wildman–Crippen LogP) is 0.834. The van der Waals surface area contributed by atoms with Crippen molar-refractivity contribution in [3.8, 4) is 0 Å². The van der Waals surface area contributed by atoms with E-state index < -0.39 is 0 Å². The molecule has 0 unspecified atom stereocenters. The van der Waals surface area contributed by atoms with Crippen LogP contribution in [0.5, 0.6) is 0 Å². The van der Waals surface area contributed by atoms with Crippen LogP contribution >= 0.6 is 0 Å². The average Bonchev–Trinajstić information content (AvgIpc) is 2.53. The molecular formula is C15H24N2O4. The molecular weight excluding hydrogens is 272 g/mol. The summed E-state index contributed by atoms with van der Waals surface area (Å²) in [4.78, 5) is 36.7. The molecule has 2 rings (SSSR count). The fourth-order valence-corrected chi connectivity index (χ4v) is 3.12. The van der Waals surface area contributed by atoms with Crippen LogP contribution in [0.4, 0.5) is 0 Å². The van der Waals surface area contributed by atoms with Gasteiger partial charge in [0.15, 0.2) is 6.61 Å². The van der Waals surface area contributed by atoms with Crippen LogP contribution in [0.1, 0.15) is 44.9 Å². The van der Waals surface area contributed by atoms with E-state index in [1.54, 1.807) is 4.90 Å². The van der Waals surface area contributed by atoms with Crippen molar-refractivity contribution < 1.29 is 19.1 Å². The summed E-state index contributed by atoms with van der Waals surface area (Å²) in [5.41, 5.74) is 5.29. The molecule has 1 saturated carbocycles. The molecule has 0 bridgehead atoms. The maximum atomic E-state index is 12.1. The van der Waals surface area contributed by atoms with Crippen LogP contribution in [0.2, 0.25) is 0 Å². The largest absolute Gasteiger partial charge is 0.455 e. The molecule has 0 spiro atoms. The Morgan fingerprint density at radius 2 is 1.67 bits per heavy atom. The number of likely N-dealkylation sites (tertiary alicyclic amines) is 1. The second-order valence-corrected chi connectivity index (χ2v) is 6.02. The zero-order valence-corrected chi connectivity index (χ0v) is 12.4. The summed E-state index contributed by atoms with van der Waals surface area (Å²) in [5, 5.41) is 0. The van der Waals surface area contributed by atoms with E-state index in [9.17, 15) is 14.4 Å². The number of nitrogens with zero attached hydrogens (tertiary/aromatic N) is 1. The van der Waals surface area contributed by atoms with Gasteiger partial charge in [0.05, 0.1) is 11.8 Å². The molecule has 0 radical (unpaired) electrons. The van der Waals surface area contributed by atoms with E-state index >= 15 is 0 Å². The van der Waals surface area contributed by atoms with Gasteiger partial charge in [0.2, 0.25) is 5.91 Å². The second kappa shape index (κ2) is 7.43. The molecule has 6 heteroatoms. The highest BCUT2D eigenvalue weighted by Gasteiger charge is 2.28. The first-order valence-corrected chi connectivity index (χ1v) is 7.81. The normalized spacial score (nSPS) is 23.6. The number of primary amides is 1. The molecule has 2 N–H and O–H groups in total. The number of carbonyl (C=O) groups excluding carboxylic acids is 3. The number of rotatable bonds is 4. The summed E-state index contributed by atoms with van der Waals surface area (Å²) in [7, 11) is 0. The fourth-order valence-electron chi connectivity index (χ4n) is 3.12. The van der Waals surface area contributed by atoms with Crippen LogP contribution in [-0.2, 0) is 19.1 Å². The predicted molar refractivity (Wildman–Crippen MR) is 76.0 cm³/mol. The Balaban J connectivity index is 1.75. The lowest BCUT2D eigenvalue weighted by Gasteiger charge is -2.31. The molecule has 1 aliphatic heterocycles. The molecule has 118 valence electrons. The zero-order chi connectivity index (χ0) is 15.2. The van der Waals surface area contributed by atoms with Crippen molar-refractivity contribution in [2.75, 3.05) is 19.7 Å². The highest BCUT2D eigenvalue weighted by molar-refractivity contribution is 5.83. The Kier molecular flexibility index (Phi) is 5.59. The molecule has 2 fully saturated rings. The van der Waals surface area contributed by atoms with E-state index in [4.69, 9.17) is 10.5 Å². The monoisotopic (exact) mass is 296 g/mol. The lowest BCUT2D eigenvalue weighted by molar-refractivity contribution is -0.157. The highest BCUT2D eigenvalue weighted by atomic mass is 16.5. The van der Waals surface area contributed by atoms with E-state index in [0.29, 0.717) is 13.1 Å². The van der Waals surface area contributed by atoms with Crippen LogP contribution in [-0.4, -0.2) is 42.4 Å². The molecule has 0 aromatic carbocycles. The number of ether oxygens (including phenoxy) is 1. The molecule has 1 aliphatic carbocycles. The first-order valence-electron chi connectivity index (χ1n) is 7.81. The van der Waals surface area contributed by atoms with Gasteiger partial charge in [-0.25, -0.2) is 0 Å². The van der Waals surface area contributed by atoms with Crippen molar-refractivity contribution in [1.29, 1.82) is 0 Å². The maximum Gasteiger partial charge on any atom is 0.309 e. The molecule has 2 amide bonds. The minimum Gasteiger partial charge on any atom is -0.455 e. The van der Waals surface area contributed by atoms with Crippen LogP contribution < -0.4 is 5.73 Å². The van der Waals surface area contributed by atoms with Crippen molar-refractivity contribution >= 4 is 17.8 Å². The van der Waals surface area contributed by atoms with E-state index in [2.05, 4.69) is 0 Å². The number of esters is 1. The standard InChI is InChI=1S/C15H24N2O4/c16-14(19)12-7-4-8-17(9-12)13(18)10-21-15(20)11-5-2-1-3-6-11/h11-12H,1-10H2,(H2,16,19)/t12-/m0/s1. The highest BCUT2D eigenvalue weighted by Crippen LogP contribution is 2.24. The maximum absolute atomic E-state index is 12.1. The Morgan fingerprint density at radius 3 is 2.33 bits per heavy atom. The number of amides is 2. The van der Waals surface area contributed by atoms with E-state index in [1.807, 2.05) is 0 Å². The van der Waals surface area contributed by atoms with Crippen LogP contribution in [0.25, 0.3) is 0 Å². The van der Waals surface area contributed by atoms with Crippen molar-refractivity contribution in [3.63, 3.8) is 0 Å². The molecule has 1 heterocycles. The van der Waals surface area contributed by atoms with Gasteiger partial charge in [0.25, 0.3) is 5.91 Å². The molecule has 1 atom stereocenters. The quantitative estimate of drug-likeness (QED) is 0.778. The van der Waals surface area contributed by atoms with Gasteiger partial charge in [-0.3, -0.25) is 14.4 Å². The summed E-state index contributed by atoms with van der Waals surface area (Å²) in [5.74, 6) is -1.19. The zero-order valence-electron chi connectivity index (χ0n) is 12.4. The molecule has 6 nitrogen and oxygen atoms in total. The van der Waals surface area contributed by atoms with Gasteiger partial charge >= 0.3 is 5.97 Å².